The van der Waals surface area contributed by atoms with Gasteiger partial charge in [-0.1, -0.05) is 183 Å². The van der Waals surface area contributed by atoms with Crippen LogP contribution in [-0.4, -0.2) is 193 Å². The van der Waals surface area contributed by atoms with E-state index in [9.17, 15) is 61.0 Å². The molecule has 3 heterocycles. The van der Waals surface area contributed by atoms with Gasteiger partial charge in [0.1, 0.15) is 73.2 Å². The smallest absolute Gasteiger partial charge is 0.220 e. The van der Waals surface area contributed by atoms with Crippen molar-refractivity contribution in [2.45, 2.75) is 285 Å². The Hall–Kier alpha value is -2.77. The lowest BCUT2D eigenvalue weighted by Gasteiger charge is -2.48. The molecule has 0 aromatic carbocycles. The first-order chi connectivity index (χ1) is 39.3. The summed E-state index contributed by atoms with van der Waals surface area (Å²) in [5.74, 6) is -0.298. The standard InChI is InChI=1S/C62H107NO18/c1-3-5-7-9-11-13-15-17-19-20-21-22-23-24-26-28-30-32-34-36-38-40-50(68)63-45(46(67)39-37-35-33-31-29-27-25-18-16-14-12-10-8-6-4-2)44-76-60-56(74)53(71)58(48(42-65)78-60)81-62-57(75)54(72)59(49(43-66)79-62)80-61-55(73)52(70)51(69)47(41-64)77-61/h5,7,11,13,17,19,21-22,24,26,37,39,45-49,51-62,64-67,69-75H,3-4,6,8-10,12,14-16,18,20,23,25,27-36,38,40-44H2,1-2H3,(H,63,68)/b7-5-,13-11-,19-17-,22-21-,26-24-,39-37+. The number of nitrogens with one attached hydrogen (secondary N) is 1. The molecule has 3 aliphatic heterocycles. The van der Waals surface area contributed by atoms with Crippen LogP contribution in [0.15, 0.2) is 72.9 Å². The van der Waals surface area contributed by atoms with Gasteiger partial charge in [0.2, 0.25) is 5.91 Å². The van der Waals surface area contributed by atoms with Gasteiger partial charge in [-0.25, -0.2) is 0 Å². The van der Waals surface area contributed by atoms with Crippen LogP contribution in [0.4, 0.5) is 0 Å². The second-order valence-corrected chi connectivity index (χ2v) is 21.8. The molecule has 12 N–H and O–H groups in total. The average Bonchev–Trinajstić information content (AvgIpc) is 3.46. The second kappa shape index (κ2) is 44.7. The summed E-state index contributed by atoms with van der Waals surface area (Å²) in [6.45, 7) is 1.57. The molecule has 468 valence electrons. The van der Waals surface area contributed by atoms with Crippen molar-refractivity contribution in [3.63, 3.8) is 0 Å². The van der Waals surface area contributed by atoms with E-state index in [1.54, 1.807) is 6.08 Å². The van der Waals surface area contributed by atoms with Crippen LogP contribution in [0.2, 0.25) is 0 Å². The molecule has 81 heavy (non-hydrogen) atoms. The van der Waals surface area contributed by atoms with Crippen molar-refractivity contribution in [2.24, 2.45) is 0 Å². The average molecular weight is 1150 g/mol. The molecule has 3 fully saturated rings. The van der Waals surface area contributed by atoms with Crippen molar-refractivity contribution < 1.29 is 89.4 Å². The van der Waals surface area contributed by atoms with Gasteiger partial charge in [0, 0.05) is 6.42 Å². The Morgan fingerprint density at radius 2 is 0.852 bits per heavy atom. The van der Waals surface area contributed by atoms with Gasteiger partial charge in [-0.15, -0.1) is 0 Å². The van der Waals surface area contributed by atoms with E-state index < -0.39 is 124 Å². The van der Waals surface area contributed by atoms with Crippen molar-refractivity contribution in [3.05, 3.63) is 72.9 Å². The van der Waals surface area contributed by atoms with Crippen LogP contribution >= 0.6 is 0 Å². The maximum atomic E-state index is 13.3. The fraction of sp³-hybridized carbons (Fsp3) is 0.790. The molecule has 0 bridgehead atoms. The van der Waals surface area contributed by atoms with Crippen LogP contribution in [-0.2, 0) is 33.2 Å². The summed E-state index contributed by atoms with van der Waals surface area (Å²) < 4.78 is 34.2. The Bertz CT molecular complexity index is 1760. The molecule has 19 nitrogen and oxygen atoms in total. The first-order valence-corrected chi connectivity index (χ1v) is 30.7. The zero-order chi connectivity index (χ0) is 59.0. The second-order valence-electron chi connectivity index (χ2n) is 21.8. The number of ether oxygens (including phenoxy) is 6. The zero-order valence-corrected chi connectivity index (χ0v) is 48.7. The van der Waals surface area contributed by atoms with Crippen molar-refractivity contribution in [3.8, 4) is 0 Å². The number of amides is 1. The minimum atomic E-state index is -1.98. The predicted molar refractivity (Wildman–Crippen MR) is 309 cm³/mol. The molecule has 0 radical (unpaired) electrons. The van der Waals surface area contributed by atoms with Crippen LogP contribution in [0.25, 0.3) is 0 Å². The van der Waals surface area contributed by atoms with Crippen molar-refractivity contribution in [2.75, 3.05) is 26.4 Å². The van der Waals surface area contributed by atoms with Gasteiger partial charge in [0.05, 0.1) is 38.6 Å². The number of hydrogen-bond acceptors (Lipinski definition) is 18. The molecule has 17 unspecified atom stereocenters. The minimum absolute atomic E-state index is 0.217. The SMILES string of the molecule is CC/C=C\C/C=C\C/C=C\C/C=C\C/C=C\CCCCCCCC(=O)NC(COC1OC(CO)C(OC2OC(CO)C(OC3OC(CO)C(O)C(O)C3O)C(O)C2O)C(O)C1O)C(O)/C=C/CCCCCCCCCCCCCCC. The minimum Gasteiger partial charge on any atom is -0.394 e. The molecule has 3 saturated heterocycles. The number of carbonyl (C=O) groups is 1. The third-order valence-corrected chi connectivity index (χ3v) is 15.0. The van der Waals surface area contributed by atoms with Gasteiger partial charge < -0.3 is 89.9 Å². The van der Waals surface area contributed by atoms with E-state index in [4.69, 9.17) is 28.4 Å². The number of aliphatic hydroxyl groups excluding tert-OH is 11. The molecule has 17 atom stereocenters. The molecule has 0 spiro atoms. The van der Waals surface area contributed by atoms with Gasteiger partial charge in [0.25, 0.3) is 0 Å². The molecule has 1 amide bonds. The topological polar surface area (TPSA) is 307 Å². The normalized spacial score (nSPS) is 30.3. The lowest BCUT2D eigenvalue weighted by Crippen LogP contribution is -2.66. The van der Waals surface area contributed by atoms with E-state index in [1.165, 1.54) is 64.2 Å². The van der Waals surface area contributed by atoms with Crippen molar-refractivity contribution in [1.29, 1.82) is 0 Å². The first-order valence-electron chi connectivity index (χ1n) is 30.7. The lowest BCUT2D eigenvalue weighted by atomic mass is 9.96. The largest absolute Gasteiger partial charge is 0.394 e. The van der Waals surface area contributed by atoms with E-state index in [-0.39, 0.29) is 18.9 Å². The van der Waals surface area contributed by atoms with Crippen LogP contribution in [0.3, 0.4) is 0 Å². The van der Waals surface area contributed by atoms with E-state index in [0.29, 0.717) is 6.42 Å². The maximum Gasteiger partial charge on any atom is 0.220 e. The molecule has 0 saturated carbocycles. The van der Waals surface area contributed by atoms with Crippen LogP contribution in [0.1, 0.15) is 181 Å². The van der Waals surface area contributed by atoms with Gasteiger partial charge in [-0.05, 0) is 64.2 Å². The highest BCUT2D eigenvalue weighted by Gasteiger charge is 2.53. The fourth-order valence-electron chi connectivity index (χ4n) is 9.98. The van der Waals surface area contributed by atoms with Crippen LogP contribution in [0.5, 0.6) is 0 Å². The van der Waals surface area contributed by atoms with E-state index in [2.05, 4.69) is 79.9 Å². The Morgan fingerprint density at radius 3 is 1.33 bits per heavy atom. The molecule has 19 heteroatoms. The summed E-state index contributed by atoms with van der Waals surface area (Å²) in [5.41, 5.74) is 0. The number of unbranched alkanes of at least 4 members (excludes halogenated alkanes) is 18. The highest BCUT2D eigenvalue weighted by Crippen LogP contribution is 2.33. The summed E-state index contributed by atoms with van der Waals surface area (Å²) in [6, 6.07) is -0.987. The summed E-state index contributed by atoms with van der Waals surface area (Å²) in [6.07, 6.45) is 25.8. The summed E-state index contributed by atoms with van der Waals surface area (Å²) in [7, 11) is 0. The number of hydrogen-bond donors (Lipinski definition) is 12. The van der Waals surface area contributed by atoms with E-state index >= 15 is 0 Å². The first kappa shape index (κ1) is 72.5. The molecule has 0 aliphatic carbocycles. The highest BCUT2D eigenvalue weighted by molar-refractivity contribution is 5.76. The Labute approximate surface area is 483 Å². The van der Waals surface area contributed by atoms with Gasteiger partial charge in [0.15, 0.2) is 18.9 Å². The molecule has 3 rings (SSSR count). The fourth-order valence-corrected chi connectivity index (χ4v) is 9.98. The molecule has 0 aromatic rings. The van der Waals surface area contributed by atoms with Crippen LogP contribution in [0, 0.1) is 0 Å². The number of aliphatic hydroxyl groups is 11. The lowest BCUT2D eigenvalue weighted by molar-refractivity contribution is -0.379. The number of carbonyl (C=O) groups excluding carboxylic acids is 1. The Morgan fingerprint density at radius 1 is 0.457 bits per heavy atom. The molecule has 0 aromatic heterocycles. The summed E-state index contributed by atoms with van der Waals surface area (Å²) >= 11 is 0. The summed E-state index contributed by atoms with van der Waals surface area (Å²) in [5, 5.41) is 120. The third kappa shape index (κ3) is 28.3. The number of allylic oxidation sites excluding steroid dienone is 11. The van der Waals surface area contributed by atoms with Gasteiger partial charge in [-0.2, -0.15) is 0 Å². The number of rotatable bonds is 44. The maximum absolute atomic E-state index is 13.3. The van der Waals surface area contributed by atoms with Crippen LogP contribution < -0.4 is 5.32 Å². The monoisotopic (exact) mass is 1150 g/mol. The summed E-state index contributed by atoms with van der Waals surface area (Å²) in [4.78, 5) is 13.3. The zero-order valence-electron chi connectivity index (χ0n) is 48.7. The van der Waals surface area contributed by atoms with E-state index in [1.807, 2.05) is 6.08 Å². The quantitative estimate of drug-likeness (QED) is 0.0253. The molecular formula is C62H107NO18. The van der Waals surface area contributed by atoms with Gasteiger partial charge in [-0.3, -0.25) is 4.79 Å². The molecule has 3 aliphatic rings. The predicted octanol–water partition coefficient (Wildman–Crippen LogP) is 5.82. The Kier molecular flexibility index (Phi) is 40.0. The van der Waals surface area contributed by atoms with E-state index in [0.717, 1.165) is 89.9 Å². The third-order valence-electron chi connectivity index (χ3n) is 15.0. The van der Waals surface area contributed by atoms with Gasteiger partial charge >= 0.3 is 0 Å². The highest BCUT2D eigenvalue weighted by atomic mass is 16.8. The molecular weight excluding hydrogens is 1050 g/mol. The van der Waals surface area contributed by atoms with Crippen molar-refractivity contribution in [1.82, 2.24) is 5.32 Å². The Balaban J connectivity index is 1.50. The van der Waals surface area contributed by atoms with Crippen molar-refractivity contribution >= 4 is 5.91 Å².